The highest BCUT2D eigenvalue weighted by Gasteiger charge is 2.14. The molecule has 0 radical (unpaired) electrons. The number of hydrogen-bond acceptors (Lipinski definition) is 2. The van der Waals surface area contributed by atoms with Gasteiger partial charge in [-0.1, -0.05) is 20.8 Å². The van der Waals surface area contributed by atoms with Gasteiger partial charge in [0.05, 0.1) is 0 Å². The number of thiophene rings is 1. The minimum Gasteiger partial charge on any atom is -0.301 e. The van der Waals surface area contributed by atoms with Crippen LogP contribution in [0.15, 0.2) is 15.9 Å². The van der Waals surface area contributed by atoms with Gasteiger partial charge in [0.15, 0.2) is 0 Å². The fourth-order valence-electron chi connectivity index (χ4n) is 1.55. The Labute approximate surface area is 99.3 Å². The van der Waals surface area contributed by atoms with Crippen LogP contribution in [0.3, 0.4) is 0 Å². The summed E-state index contributed by atoms with van der Waals surface area (Å²) in [7, 11) is 2.18. The zero-order chi connectivity index (χ0) is 10.8. The highest BCUT2D eigenvalue weighted by Crippen LogP contribution is 2.25. The van der Waals surface area contributed by atoms with Crippen molar-refractivity contribution < 1.29 is 0 Å². The van der Waals surface area contributed by atoms with E-state index in [2.05, 4.69) is 60.1 Å². The summed E-state index contributed by atoms with van der Waals surface area (Å²) in [6.07, 6.45) is 0. The third kappa shape index (κ3) is 4.11. The van der Waals surface area contributed by atoms with Crippen LogP contribution in [0.1, 0.15) is 25.6 Å². The van der Waals surface area contributed by atoms with Crippen molar-refractivity contribution >= 4 is 27.3 Å². The fourth-order valence-corrected chi connectivity index (χ4v) is 3.11. The average molecular weight is 276 g/mol. The average Bonchev–Trinajstić information content (AvgIpc) is 2.32. The van der Waals surface area contributed by atoms with Gasteiger partial charge in [-0.3, -0.25) is 0 Å². The number of nitrogens with zero attached hydrogens (tertiary/aromatic N) is 1. The van der Waals surface area contributed by atoms with Crippen LogP contribution < -0.4 is 0 Å². The lowest BCUT2D eigenvalue weighted by atomic mass is 9.96. The van der Waals surface area contributed by atoms with E-state index in [-0.39, 0.29) is 0 Å². The molecule has 0 bridgehead atoms. The fraction of sp³-hybridized carbons (Fsp3) is 0.636. The lowest BCUT2D eigenvalue weighted by Crippen LogP contribution is -2.28. The highest BCUT2D eigenvalue weighted by molar-refractivity contribution is 9.10. The molecule has 0 spiro atoms. The second-order valence-corrected chi connectivity index (χ2v) is 6.78. The molecule has 1 heterocycles. The third-order valence-electron chi connectivity index (χ3n) is 1.85. The molecule has 0 aliphatic rings. The van der Waals surface area contributed by atoms with Crippen molar-refractivity contribution in [2.45, 2.75) is 27.3 Å². The molecule has 0 atom stereocenters. The van der Waals surface area contributed by atoms with Crippen molar-refractivity contribution in [3.8, 4) is 0 Å². The van der Waals surface area contributed by atoms with Gasteiger partial charge in [0.25, 0.3) is 0 Å². The van der Waals surface area contributed by atoms with Gasteiger partial charge >= 0.3 is 0 Å². The van der Waals surface area contributed by atoms with Crippen LogP contribution in [0, 0.1) is 5.41 Å². The van der Waals surface area contributed by atoms with Crippen molar-refractivity contribution in [2.75, 3.05) is 13.6 Å². The van der Waals surface area contributed by atoms with E-state index in [1.165, 1.54) is 9.35 Å². The first-order valence-electron chi connectivity index (χ1n) is 4.79. The molecule has 1 aromatic heterocycles. The van der Waals surface area contributed by atoms with E-state index in [9.17, 15) is 0 Å². The Morgan fingerprint density at radius 2 is 2.07 bits per heavy atom. The molecule has 14 heavy (non-hydrogen) atoms. The standard InChI is InChI=1S/C11H18BrNS/c1-11(2,3)8-13(4)7-10-9(12)5-6-14-10/h5-6H,7-8H2,1-4H3. The molecule has 0 aliphatic heterocycles. The van der Waals surface area contributed by atoms with E-state index < -0.39 is 0 Å². The topological polar surface area (TPSA) is 3.24 Å². The Hall–Kier alpha value is 0.140. The van der Waals surface area contributed by atoms with E-state index in [0.29, 0.717) is 5.41 Å². The molecule has 0 aliphatic carbocycles. The van der Waals surface area contributed by atoms with Crippen molar-refractivity contribution in [1.29, 1.82) is 0 Å². The van der Waals surface area contributed by atoms with E-state index in [1.807, 2.05) is 11.3 Å². The number of halogens is 1. The lowest BCUT2D eigenvalue weighted by molar-refractivity contribution is 0.222. The molecule has 1 aromatic rings. The molecule has 1 rings (SSSR count). The quantitative estimate of drug-likeness (QED) is 0.807. The monoisotopic (exact) mass is 275 g/mol. The van der Waals surface area contributed by atoms with Crippen LogP contribution in [0.5, 0.6) is 0 Å². The molecule has 0 fully saturated rings. The summed E-state index contributed by atoms with van der Waals surface area (Å²) in [5, 5.41) is 2.13. The van der Waals surface area contributed by atoms with Crippen LogP contribution >= 0.6 is 27.3 Å². The maximum absolute atomic E-state index is 3.56. The predicted octanol–water partition coefficient (Wildman–Crippen LogP) is 3.99. The Morgan fingerprint density at radius 1 is 1.43 bits per heavy atom. The number of hydrogen-bond donors (Lipinski definition) is 0. The van der Waals surface area contributed by atoms with Crippen molar-refractivity contribution in [2.24, 2.45) is 5.41 Å². The molecule has 0 amide bonds. The number of rotatable bonds is 3. The summed E-state index contributed by atoms with van der Waals surface area (Å²) < 4.78 is 1.24. The summed E-state index contributed by atoms with van der Waals surface area (Å²) in [5.41, 5.74) is 0.373. The maximum atomic E-state index is 3.56. The molecule has 3 heteroatoms. The van der Waals surface area contributed by atoms with Crippen LogP contribution in [0.25, 0.3) is 0 Å². The summed E-state index contributed by atoms with van der Waals surface area (Å²) in [6, 6.07) is 2.12. The molecule has 1 nitrogen and oxygen atoms in total. The smallest absolute Gasteiger partial charge is 0.0336 e. The first kappa shape index (κ1) is 12.2. The minimum atomic E-state index is 0.373. The zero-order valence-corrected chi connectivity index (χ0v) is 11.7. The Balaban J connectivity index is 2.50. The molecular weight excluding hydrogens is 258 g/mol. The second-order valence-electron chi connectivity index (χ2n) is 4.92. The van der Waals surface area contributed by atoms with E-state index in [0.717, 1.165) is 13.1 Å². The van der Waals surface area contributed by atoms with Gasteiger partial charge in [-0.25, -0.2) is 0 Å². The third-order valence-corrected chi connectivity index (χ3v) is 3.76. The molecule has 0 N–H and O–H groups in total. The van der Waals surface area contributed by atoms with Crippen LogP contribution in [-0.4, -0.2) is 18.5 Å². The van der Waals surface area contributed by atoms with Crippen molar-refractivity contribution in [3.05, 3.63) is 20.8 Å². The molecule has 0 unspecified atom stereocenters. The zero-order valence-electron chi connectivity index (χ0n) is 9.30. The summed E-state index contributed by atoms with van der Waals surface area (Å²) in [4.78, 5) is 3.79. The van der Waals surface area contributed by atoms with Gasteiger partial charge in [-0.05, 0) is 39.8 Å². The van der Waals surface area contributed by atoms with Gasteiger partial charge in [-0.15, -0.1) is 11.3 Å². The van der Waals surface area contributed by atoms with Gasteiger partial charge in [0.1, 0.15) is 0 Å². The molecule has 80 valence electrons. The first-order valence-corrected chi connectivity index (χ1v) is 6.46. The SMILES string of the molecule is CN(Cc1sccc1Br)CC(C)(C)C. The largest absolute Gasteiger partial charge is 0.301 e. The van der Waals surface area contributed by atoms with Crippen molar-refractivity contribution in [1.82, 2.24) is 4.90 Å². The predicted molar refractivity (Wildman–Crippen MR) is 67.8 cm³/mol. The summed E-state index contributed by atoms with van der Waals surface area (Å²) in [6.45, 7) is 8.97. The molecule has 0 saturated heterocycles. The molecule has 0 aromatic carbocycles. The Bertz CT molecular complexity index is 288. The molecular formula is C11H18BrNS. The second kappa shape index (κ2) is 4.77. The highest BCUT2D eigenvalue weighted by atomic mass is 79.9. The van der Waals surface area contributed by atoms with Crippen LogP contribution in [-0.2, 0) is 6.54 Å². The summed E-state index contributed by atoms with van der Waals surface area (Å²) >= 11 is 5.37. The van der Waals surface area contributed by atoms with Gasteiger partial charge in [-0.2, -0.15) is 0 Å². The van der Waals surface area contributed by atoms with Crippen LogP contribution in [0.4, 0.5) is 0 Å². The Morgan fingerprint density at radius 3 is 2.50 bits per heavy atom. The van der Waals surface area contributed by atoms with Crippen LogP contribution in [0.2, 0.25) is 0 Å². The van der Waals surface area contributed by atoms with Gasteiger partial charge in [0.2, 0.25) is 0 Å². The van der Waals surface area contributed by atoms with Crippen molar-refractivity contribution in [3.63, 3.8) is 0 Å². The molecule has 0 saturated carbocycles. The summed E-state index contributed by atoms with van der Waals surface area (Å²) in [5.74, 6) is 0. The van der Waals surface area contributed by atoms with Gasteiger partial charge < -0.3 is 4.90 Å². The van der Waals surface area contributed by atoms with E-state index >= 15 is 0 Å². The Kier molecular flexibility index (Phi) is 4.16. The normalized spacial score (nSPS) is 12.4. The maximum Gasteiger partial charge on any atom is 0.0336 e. The van der Waals surface area contributed by atoms with E-state index in [1.54, 1.807) is 0 Å². The van der Waals surface area contributed by atoms with E-state index in [4.69, 9.17) is 0 Å². The minimum absolute atomic E-state index is 0.373. The first-order chi connectivity index (χ1) is 6.38. The van der Waals surface area contributed by atoms with Gasteiger partial charge in [0, 0.05) is 22.4 Å². The lowest BCUT2D eigenvalue weighted by Gasteiger charge is -2.26.